The van der Waals surface area contributed by atoms with Crippen LogP contribution in [0.2, 0.25) is 0 Å². The van der Waals surface area contributed by atoms with Gasteiger partial charge in [-0.1, -0.05) is 13.8 Å². The molecule has 0 aliphatic heterocycles. The van der Waals surface area contributed by atoms with Crippen molar-refractivity contribution in [2.45, 2.75) is 57.7 Å². The molecular formula is C29H44N4O7. The van der Waals surface area contributed by atoms with Gasteiger partial charge in [-0.15, -0.1) is 0 Å². The van der Waals surface area contributed by atoms with E-state index in [1.54, 1.807) is 19.0 Å². The SMILES string of the molecule is CC(C)CCNCc1cc(N(C)C)c2c(c1O)C(O)=C1C(=O)[C@](O)(C(=O)CC(N)=O)[C@H](C(CO)N(C)C)C[C@@H]1C2. The van der Waals surface area contributed by atoms with E-state index >= 15 is 0 Å². The van der Waals surface area contributed by atoms with Gasteiger partial charge in [-0.05, 0) is 63.4 Å². The lowest BCUT2D eigenvalue weighted by molar-refractivity contribution is -0.163. The first kappa shape index (κ1) is 31.5. The summed E-state index contributed by atoms with van der Waals surface area (Å²) in [5.74, 6) is -4.96. The van der Waals surface area contributed by atoms with E-state index in [-0.39, 0.29) is 29.7 Å². The number of aliphatic hydroxyl groups is 3. The molecule has 2 aliphatic rings. The van der Waals surface area contributed by atoms with Crippen molar-refractivity contribution in [2.75, 3.05) is 46.2 Å². The minimum Gasteiger partial charge on any atom is -0.507 e. The van der Waals surface area contributed by atoms with Crippen molar-refractivity contribution < 1.29 is 34.8 Å². The maximum Gasteiger partial charge on any atom is 0.225 e. The predicted octanol–water partition coefficient (Wildman–Crippen LogP) is 0.722. The van der Waals surface area contributed by atoms with E-state index in [0.29, 0.717) is 23.6 Å². The molecule has 1 unspecified atom stereocenters. The summed E-state index contributed by atoms with van der Waals surface area (Å²) in [5, 5.41) is 48.1. The zero-order valence-corrected chi connectivity index (χ0v) is 24.3. The van der Waals surface area contributed by atoms with E-state index in [1.807, 2.05) is 25.1 Å². The summed E-state index contributed by atoms with van der Waals surface area (Å²) in [6, 6.07) is 1.07. The summed E-state index contributed by atoms with van der Waals surface area (Å²) >= 11 is 0. The monoisotopic (exact) mass is 560 g/mol. The van der Waals surface area contributed by atoms with Gasteiger partial charge in [0, 0.05) is 49.4 Å². The Morgan fingerprint density at radius 3 is 2.38 bits per heavy atom. The molecule has 1 fully saturated rings. The molecule has 11 heteroatoms. The number of benzene rings is 1. The van der Waals surface area contributed by atoms with Crippen LogP contribution in [0.5, 0.6) is 5.75 Å². The molecule has 40 heavy (non-hydrogen) atoms. The third-order valence-electron chi connectivity index (χ3n) is 8.25. The standard InChI is InChI=1S/C29H44N4O7/c1-15(2)7-8-31-13-17-11-20(32(3)4)18-9-16-10-19(21(14-34)33(5)6)29(40,22(35)12-23(30)36)28(39)24(16)27(38)25(18)26(17)37/h11,15-16,19,21,31,34,37-38,40H,7-10,12-14H2,1-6H3,(H2,30,36)/t16-,19-,21?,29+/m0/s1. The molecule has 0 saturated heterocycles. The normalized spacial score (nSPS) is 23.3. The van der Waals surface area contributed by atoms with Crippen LogP contribution in [0.25, 0.3) is 5.76 Å². The predicted molar refractivity (Wildman–Crippen MR) is 152 cm³/mol. The summed E-state index contributed by atoms with van der Waals surface area (Å²) < 4.78 is 0. The van der Waals surface area contributed by atoms with Gasteiger partial charge < -0.3 is 41.3 Å². The molecule has 0 spiro atoms. The third-order valence-corrected chi connectivity index (χ3v) is 8.25. The summed E-state index contributed by atoms with van der Waals surface area (Å²) in [4.78, 5) is 42.4. The highest BCUT2D eigenvalue weighted by Crippen LogP contribution is 2.51. The maximum atomic E-state index is 14.0. The lowest BCUT2D eigenvalue weighted by atomic mass is 9.59. The van der Waals surface area contributed by atoms with Crippen LogP contribution >= 0.6 is 0 Å². The number of aromatic hydroxyl groups is 1. The molecule has 0 aromatic heterocycles. The number of rotatable bonds is 12. The first-order valence-electron chi connectivity index (χ1n) is 13.7. The number of nitrogens with two attached hydrogens (primary N) is 1. The van der Waals surface area contributed by atoms with Crippen LogP contribution in [0.3, 0.4) is 0 Å². The largest absolute Gasteiger partial charge is 0.507 e. The van der Waals surface area contributed by atoms with E-state index in [1.165, 1.54) is 0 Å². The topological polar surface area (TPSA) is 177 Å². The second-order valence-electron chi connectivity index (χ2n) is 11.9. The van der Waals surface area contributed by atoms with Crippen LogP contribution in [-0.2, 0) is 27.3 Å². The van der Waals surface area contributed by atoms with Gasteiger partial charge in [0.1, 0.15) is 11.5 Å². The molecule has 7 N–H and O–H groups in total. The summed E-state index contributed by atoms with van der Waals surface area (Å²) in [6.45, 7) is 4.84. The number of anilines is 1. The number of nitrogens with one attached hydrogen (secondary N) is 1. The second kappa shape index (κ2) is 12.3. The molecule has 3 rings (SSSR count). The van der Waals surface area contributed by atoms with E-state index in [0.717, 1.165) is 18.7 Å². The fourth-order valence-electron chi connectivity index (χ4n) is 6.10. The molecule has 222 valence electrons. The number of amides is 1. The third kappa shape index (κ3) is 5.74. The van der Waals surface area contributed by atoms with Gasteiger partial charge in [0.15, 0.2) is 11.4 Å². The molecule has 11 nitrogen and oxygen atoms in total. The Balaban J connectivity index is 2.19. The van der Waals surface area contributed by atoms with E-state index in [2.05, 4.69) is 19.2 Å². The fourth-order valence-corrected chi connectivity index (χ4v) is 6.10. The molecule has 0 bridgehead atoms. The van der Waals surface area contributed by atoms with Gasteiger partial charge in [-0.25, -0.2) is 0 Å². The Kier molecular flexibility index (Phi) is 9.66. The van der Waals surface area contributed by atoms with Crippen LogP contribution < -0.4 is 16.0 Å². The van der Waals surface area contributed by atoms with Gasteiger partial charge in [-0.2, -0.15) is 0 Å². The minimum atomic E-state index is -2.69. The number of aliphatic hydroxyl groups excluding tert-OH is 2. The van der Waals surface area contributed by atoms with Crippen LogP contribution in [0, 0.1) is 17.8 Å². The molecule has 0 heterocycles. The van der Waals surface area contributed by atoms with Gasteiger partial charge in [0.25, 0.3) is 0 Å². The Labute approximate surface area is 235 Å². The number of nitrogens with zero attached hydrogens (tertiary/aromatic N) is 2. The number of fused-ring (bicyclic) bond motifs is 2. The van der Waals surface area contributed by atoms with Gasteiger partial charge in [0.2, 0.25) is 11.7 Å². The summed E-state index contributed by atoms with van der Waals surface area (Å²) in [7, 11) is 7.01. The zero-order valence-electron chi connectivity index (χ0n) is 24.3. The first-order chi connectivity index (χ1) is 18.7. The van der Waals surface area contributed by atoms with Crippen molar-refractivity contribution in [1.82, 2.24) is 10.2 Å². The fraction of sp³-hybridized carbons (Fsp3) is 0.621. The van der Waals surface area contributed by atoms with Crippen molar-refractivity contribution in [3.05, 3.63) is 28.3 Å². The highest BCUT2D eigenvalue weighted by Gasteiger charge is 2.60. The Morgan fingerprint density at radius 1 is 1.20 bits per heavy atom. The average molecular weight is 561 g/mol. The van der Waals surface area contributed by atoms with E-state index < -0.39 is 59.7 Å². The van der Waals surface area contributed by atoms with Crippen LogP contribution in [0.1, 0.15) is 49.8 Å². The molecule has 4 atom stereocenters. The van der Waals surface area contributed by atoms with Gasteiger partial charge in [-0.3, -0.25) is 14.4 Å². The zero-order chi connectivity index (χ0) is 30.1. The number of carbonyl (C=O) groups is 3. The van der Waals surface area contributed by atoms with Crippen molar-refractivity contribution in [3.8, 4) is 5.75 Å². The number of Topliss-reactive ketones (excluding diaryl/α,β-unsaturated/α-hetero) is 2. The molecule has 1 saturated carbocycles. The number of hydrogen-bond acceptors (Lipinski definition) is 10. The van der Waals surface area contributed by atoms with Crippen LogP contribution in [0.4, 0.5) is 5.69 Å². The maximum absolute atomic E-state index is 14.0. The molecule has 0 radical (unpaired) electrons. The van der Waals surface area contributed by atoms with Crippen LogP contribution in [0.15, 0.2) is 11.6 Å². The lowest BCUT2D eigenvalue weighted by Crippen LogP contribution is -2.64. The van der Waals surface area contributed by atoms with Crippen molar-refractivity contribution in [1.29, 1.82) is 0 Å². The van der Waals surface area contributed by atoms with Crippen molar-refractivity contribution >= 4 is 28.9 Å². The number of likely N-dealkylation sites (N-methyl/N-ethyl adjacent to an activating group) is 1. The Hall–Kier alpha value is -2.99. The number of ketones is 2. The van der Waals surface area contributed by atoms with Crippen LogP contribution in [-0.4, -0.2) is 95.8 Å². The molecule has 1 aromatic carbocycles. The summed E-state index contributed by atoms with van der Waals surface area (Å²) in [6.07, 6.45) is 0.395. The second-order valence-corrected chi connectivity index (χ2v) is 11.9. The molecular weight excluding hydrogens is 516 g/mol. The quantitative estimate of drug-likeness (QED) is 0.158. The Bertz CT molecular complexity index is 1190. The molecule has 1 aromatic rings. The lowest BCUT2D eigenvalue weighted by Gasteiger charge is -2.47. The number of hydrogen-bond donors (Lipinski definition) is 6. The highest BCUT2D eigenvalue weighted by molar-refractivity contribution is 6.23. The molecule has 2 aliphatic carbocycles. The summed E-state index contributed by atoms with van der Waals surface area (Å²) in [5.41, 5.74) is 4.42. The smallest absolute Gasteiger partial charge is 0.225 e. The highest BCUT2D eigenvalue weighted by atomic mass is 16.3. The van der Waals surface area contributed by atoms with Crippen molar-refractivity contribution in [2.24, 2.45) is 23.5 Å². The number of carbonyl (C=O) groups excluding carboxylic acids is 3. The van der Waals surface area contributed by atoms with Crippen molar-refractivity contribution in [3.63, 3.8) is 0 Å². The van der Waals surface area contributed by atoms with Gasteiger partial charge in [0.05, 0.1) is 18.6 Å². The van der Waals surface area contributed by atoms with Gasteiger partial charge >= 0.3 is 0 Å². The molecule has 1 amide bonds. The average Bonchev–Trinajstić information content (AvgIpc) is 2.85. The number of primary amides is 1. The van der Waals surface area contributed by atoms with E-state index in [4.69, 9.17) is 5.73 Å². The van der Waals surface area contributed by atoms with E-state index in [9.17, 15) is 34.8 Å². The number of phenolic OH excluding ortho intramolecular Hbond substituents is 1. The first-order valence-corrected chi connectivity index (χ1v) is 13.7. The Morgan fingerprint density at radius 2 is 1.85 bits per heavy atom. The minimum absolute atomic E-state index is 0.0706. The number of phenols is 1.